The quantitative estimate of drug-likeness (QED) is 0.873. The number of rotatable bonds is 1. The van der Waals surface area contributed by atoms with Crippen molar-refractivity contribution in [2.24, 2.45) is 0 Å². The molecule has 3 aliphatic heterocycles. The molecule has 0 aliphatic carbocycles. The van der Waals surface area contributed by atoms with Crippen LogP contribution < -0.4 is 10.1 Å². The van der Waals surface area contributed by atoms with E-state index in [1.54, 1.807) is 0 Å². The molecule has 0 bridgehead atoms. The Morgan fingerprint density at radius 1 is 1.09 bits per heavy atom. The van der Waals surface area contributed by atoms with Gasteiger partial charge in [0.15, 0.2) is 0 Å². The lowest BCUT2D eigenvalue weighted by atomic mass is 9.83. The van der Waals surface area contributed by atoms with Crippen LogP contribution in [0, 0.1) is 0 Å². The van der Waals surface area contributed by atoms with Gasteiger partial charge in [0, 0.05) is 31.0 Å². The molecule has 5 rings (SSSR count). The highest BCUT2D eigenvalue weighted by atomic mass is 16.5. The van der Waals surface area contributed by atoms with Gasteiger partial charge in [0.05, 0.1) is 0 Å². The lowest BCUT2D eigenvalue weighted by Gasteiger charge is -2.43. The van der Waals surface area contributed by atoms with Crippen LogP contribution in [-0.4, -0.2) is 36.7 Å². The minimum Gasteiger partial charge on any atom is -0.485 e. The van der Waals surface area contributed by atoms with Crippen LogP contribution in [0.5, 0.6) is 5.75 Å². The molecule has 0 amide bonds. The summed E-state index contributed by atoms with van der Waals surface area (Å²) in [6.45, 7) is 4.53. The highest BCUT2D eigenvalue weighted by molar-refractivity contribution is 5.88. The van der Waals surface area contributed by atoms with Crippen LogP contribution in [0.15, 0.2) is 36.4 Å². The van der Waals surface area contributed by atoms with E-state index in [0.29, 0.717) is 6.04 Å². The predicted molar refractivity (Wildman–Crippen MR) is 93.0 cm³/mol. The van der Waals surface area contributed by atoms with Crippen molar-refractivity contribution in [2.75, 3.05) is 26.2 Å². The van der Waals surface area contributed by atoms with Gasteiger partial charge in [0.25, 0.3) is 0 Å². The molecular weight excluding hydrogens is 284 g/mol. The maximum absolute atomic E-state index is 6.59. The lowest BCUT2D eigenvalue weighted by molar-refractivity contribution is 0.0237. The second-order valence-electron chi connectivity index (χ2n) is 7.37. The molecule has 3 aliphatic rings. The monoisotopic (exact) mass is 308 g/mol. The van der Waals surface area contributed by atoms with E-state index >= 15 is 0 Å². The van der Waals surface area contributed by atoms with Gasteiger partial charge in [-0.2, -0.15) is 0 Å². The Balaban J connectivity index is 1.68. The van der Waals surface area contributed by atoms with Gasteiger partial charge in [-0.15, -0.1) is 0 Å². The summed E-state index contributed by atoms with van der Waals surface area (Å²) in [4.78, 5) is 2.70. The normalized spacial score (nSPS) is 30.7. The van der Waals surface area contributed by atoms with Crippen molar-refractivity contribution in [3.8, 4) is 5.75 Å². The molecule has 0 saturated carbocycles. The maximum Gasteiger partial charge on any atom is 0.125 e. The Morgan fingerprint density at radius 3 is 2.78 bits per heavy atom. The van der Waals surface area contributed by atoms with Gasteiger partial charge in [-0.1, -0.05) is 30.3 Å². The largest absolute Gasteiger partial charge is 0.485 e. The molecule has 1 N–H and O–H groups in total. The lowest BCUT2D eigenvalue weighted by Crippen LogP contribution is -2.46. The van der Waals surface area contributed by atoms with E-state index in [2.05, 4.69) is 46.6 Å². The molecule has 120 valence electrons. The van der Waals surface area contributed by atoms with Crippen molar-refractivity contribution >= 4 is 10.8 Å². The minimum absolute atomic E-state index is 0.00269. The SMILES string of the molecule is c1ccc2c3c(ccc2c1)OC1(CCNC1)CC3N1CCCC1. The van der Waals surface area contributed by atoms with Crippen molar-refractivity contribution < 1.29 is 4.74 Å². The molecule has 0 aromatic heterocycles. The summed E-state index contributed by atoms with van der Waals surface area (Å²) in [5.41, 5.74) is 1.44. The Morgan fingerprint density at radius 2 is 1.96 bits per heavy atom. The van der Waals surface area contributed by atoms with Gasteiger partial charge in [-0.25, -0.2) is 0 Å². The highest BCUT2D eigenvalue weighted by Gasteiger charge is 2.45. The number of likely N-dealkylation sites (tertiary alicyclic amines) is 1. The Labute approximate surface area is 137 Å². The van der Waals surface area contributed by atoms with E-state index < -0.39 is 0 Å². The van der Waals surface area contributed by atoms with Gasteiger partial charge >= 0.3 is 0 Å². The maximum atomic E-state index is 6.59. The number of hydrogen-bond donors (Lipinski definition) is 1. The highest BCUT2D eigenvalue weighted by Crippen LogP contribution is 2.48. The third kappa shape index (κ3) is 2.18. The second kappa shape index (κ2) is 5.22. The Hall–Kier alpha value is -1.58. The molecule has 1 spiro atoms. The van der Waals surface area contributed by atoms with Crippen LogP contribution in [0.25, 0.3) is 10.8 Å². The van der Waals surface area contributed by atoms with Crippen molar-refractivity contribution in [3.63, 3.8) is 0 Å². The molecule has 3 heteroatoms. The number of nitrogens with one attached hydrogen (secondary N) is 1. The smallest absolute Gasteiger partial charge is 0.125 e. The van der Waals surface area contributed by atoms with Crippen molar-refractivity contribution in [1.82, 2.24) is 10.2 Å². The van der Waals surface area contributed by atoms with Gasteiger partial charge in [-0.3, -0.25) is 4.90 Å². The van der Waals surface area contributed by atoms with Crippen molar-refractivity contribution in [3.05, 3.63) is 42.0 Å². The van der Waals surface area contributed by atoms with Gasteiger partial charge in [0.2, 0.25) is 0 Å². The minimum atomic E-state index is 0.00269. The zero-order valence-corrected chi connectivity index (χ0v) is 13.6. The summed E-state index contributed by atoms with van der Waals surface area (Å²) < 4.78 is 6.59. The second-order valence-corrected chi connectivity index (χ2v) is 7.37. The first-order valence-electron chi connectivity index (χ1n) is 9.00. The molecular formula is C20H24N2O. The average molecular weight is 308 g/mol. The van der Waals surface area contributed by atoms with Crippen LogP contribution in [-0.2, 0) is 0 Å². The van der Waals surface area contributed by atoms with Gasteiger partial charge in [0.1, 0.15) is 11.4 Å². The molecule has 2 atom stereocenters. The molecule has 23 heavy (non-hydrogen) atoms. The van der Waals surface area contributed by atoms with E-state index in [1.165, 1.54) is 42.3 Å². The van der Waals surface area contributed by atoms with E-state index in [0.717, 1.165) is 31.7 Å². The van der Waals surface area contributed by atoms with Crippen molar-refractivity contribution in [2.45, 2.75) is 37.3 Å². The van der Waals surface area contributed by atoms with E-state index in [9.17, 15) is 0 Å². The van der Waals surface area contributed by atoms with Crippen LogP contribution >= 0.6 is 0 Å². The zero-order valence-electron chi connectivity index (χ0n) is 13.6. The number of hydrogen-bond acceptors (Lipinski definition) is 3. The summed E-state index contributed by atoms with van der Waals surface area (Å²) in [7, 11) is 0. The number of nitrogens with zero attached hydrogens (tertiary/aromatic N) is 1. The third-order valence-corrected chi connectivity index (χ3v) is 5.94. The molecule has 3 nitrogen and oxygen atoms in total. The first kappa shape index (κ1) is 13.8. The Kier molecular flexibility index (Phi) is 3.14. The number of ether oxygens (including phenoxy) is 1. The fourth-order valence-corrected chi connectivity index (χ4v) is 4.78. The summed E-state index contributed by atoms with van der Waals surface area (Å²) >= 11 is 0. The van der Waals surface area contributed by atoms with Gasteiger partial charge in [-0.05, 0) is 49.3 Å². The molecule has 2 saturated heterocycles. The molecule has 2 fully saturated rings. The van der Waals surface area contributed by atoms with Crippen LogP contribution in [0.3, 0.4) is 0 Å². The van der Waals surface area contributed by atoms with E-state index in [1.807, 2.05) is 0 Å². The first-order valence-corrected chi connectivity index (χ1v) is 9.00. The number of benzene rings is 2. The standard InChI is InChI=1S/C20H24N2O/c1-2-6-16-15(5-1)7-8-18-19(16)17(22-11-3-4-12-22)13-20(23-18)9-10-21-14-20/h1-2,5-8,17,21H,3-4,9-14H2. The zero-order chi connectivity index (χ0) is 15.3. The summed E-state index contributed by atoms with van der Waals surface area (Å²) in [5, 5.41) is 6.23. The average Bonchev–Trinajstić information content (AvgIpc) is 3.26. The summed E-state index contributed by atoms with van der Waals surface area (Å²) in [5.74, 6) is 1.12. The van der Waals surface area contributed by atoms with Crippen molar-refractivity contribution in [1.29, 1.82) is 0 Å². The van der Waals surface area contributed by atoms with Gasteiger partial charge < -0.3 is 10.1 Å². The predicted octanol–water partition coefficient (Wildman–Crippen LogP) is 3.49. The van der Waals surface area contributed by atoms with Crippen LogP contribution in [0.4, 0.5) is 0 Å². The molecule has 2 unspecified atom stereocenters. The van der Waals surface area contributed by atoms with E-state index in [-0.39, 0.29) is 5.60 Å². The third-order valence-electron chi connectivity index (χ3n) is 5.94. The topological polar surface area (TPSA) is 24.5 Å². The number of fused-ring (bicyclic) bond motifs is 3. The van der Waals surface area contributed by atoms with Crippen LogP contribution in [0.2, 0.25) is 0 Å². The first-order chi connectivity index (χ1) is 11.3. The Bertz CT molecular complexity index is 729. The molecule has 2 aromatic carbocycles. The fraction of sp³-hybridized carbons (Fsp3) is 0.500. The summed E-state index contributed by atoms with van der Waals surface area (Å²) in [6, 6.07) is 13.7. The fourth-order valence-electron chi connectivity index (χ4n) is 4.78. The molecule has 3 heterocycles. The van der Waals surface area contributed by atoms with Crippen LogP contribution in [0.1, 0.15) is 37.3 Å². The molecule has 0 radical (unpaired) electrons. The van der Waals surface area contributed by atoms with E-state index in [4.69, 9.17) is 4.74 Å². The molecule has 2 aromatic rings. The summed E-state index contributed by atoms with van der Waals surface area (Å²) in [6.07, 6.45) is 4.93.